The van der Waals surface area contributed by atoms with Gasteiger partial charge in [0, 0.05) is 19.3 Å². The van der Waals surface area contributed by atoms with Gasteiger partial charge in [-0.1, -0.05) is 296 Å². The Morgan fingerprint density at radius 1 is 0.253 bits per heavy atom. The van der Waals surface area contributed by atoms with Gasteiger partial charge in [0.25, 0.3) is 0 Å². The molecule has 0 radical (unpaired) electrons. The first-order valence-electron chi connectivity index (χ1n) is 34.7. The van der Waals surface area contributed by atoms with Crippen molar-refractivity contribution in [2.45, 2.75) is 322 Å². The molecule has 0 saturated carbocycles. The number of esters is 3. The molecule has 0 amide bonds. The second-order valence-electron chi connectivity index (χ2n) is 22.7. The molecule has 0 aromatic rings. The molecule has 0 aromatic heterocycles. The van der Waals surface area contributed by atoms with Crippen molar-refractivity contribution in [2.75, 3.05) is 13.2 Å². The van der Waals surface area contributed by atoms with Crippen LogP contribution in [0.2, 0.25) is 0 Å². The van der Waals surface area contributed by atoms with Crippen molar-refractivity contribution in [1.29, 1.82) is 0 Å². The molecule has 472 valence electrons. The Balaban J connectivity index is 4.33. The van der Waals surface area contributed by atoms with E-state index < -0.39 is 6.10 Å². The summed E-state index contributed by atoms with van der Waals surface area (Å²) in [7, 11) is 0. The monoisotopic (exact) mass is 1150 g/mol. The maximum Gasteiger partial charge on any atom is 0.306 e. The molecule has 1 atom stereocenters. The number of carbonyl (C=O) groups excluding carboxylic acids is 3. The van der Waals surface area contributed by atoms with E-state index in [0.29, 0.717) is 12.8 Å². The predicted octanol–water partition coefficient (Wildman–Crippen LogP) is 24.1. The van der Waals surface area contributed by atoms with Crippen molar-refractivity contribution < 1.29 is 28.6 Å². The van der Waals surface area contributed by atoms with Gasteiger partial charge in [-0.15, -0.1) is 0 Å². The SMILES string of the molecule is CC/C=C\C/C=C\C/C=C\C/C=C\C/C=C\C/C=C\CCCCCCC(=O)OC(COC(=O)CCCCC/C=C\C/C=C\C/C=C\CC)COC(=O)CCCCCCCCCCCCCCCCCCC/C=C\C/C=C\CCCCCCC. The van der Waals surface area contributed by atoms with Crippen LogP contribution in [-0.2, 0) is 28.6 Å². The molecule has 0 saturated heterocycles. The summed E-state index contributed by atoms with van der Waals surface area (Å²) in [6.07, 6.45) is 99.1. The highest BCUT2D eigenvalue weighted by molar-refractivity contribution is 5.71. The Bertz CT molecular complexity index is 1750. The Labute approximate surface area is 513 Å². The summed E-state index contributed by atoms with van der Waals surface area (Å²) in [4.78, 5) is 38.4. The van der Waals surface area contributed by atoms with Crippen molar-refractivity contribution in [3.63, 3.8) is 0 Å². The number of rotatable bonds is 62. The Morgan fingerprint density at radius 3 is 0.747 bits per heavy atom. The second kappa shape index (κ2) is 70.0. The van der Waals surface area contributed by atoms with Gasteiger partial charge in [0.05, 0.1) is 0 Å². The van der Waals surface area contributed by atoms with Gasteiger partial charge in [0.2, 0.25) is 0 Å². The molecule has 0 aliphatic rings. The molecular formula is C77H128O6. The van der Waals surface area contributed by atoms with Crippen LogP contribution in [0.25, 0.3) is 0 Å². The van der Waals surface area contributed by atoms with Gasteiger partial charge in [-0.05, 0) is 135 Å². The van der Waals surface area contributed by atoms with Crippen LogP contribution in [0.3, 0.4) is 0 Å². The fraction of sp³-hybridized carbons (Fsp3) is 0.675. The lowest BCUT2D eigenvalue weighted by molar-refractivity contribution is -0.167. The predicted molar refractivity (Wildman–Crippen MR) is 362 cm³/mol. The van der Waals surface area contributed by atoms with Gasteiger partial charge >= 0.3 is 17.9 Å². The molecule has 0 bridgehead atoms. The molecule has 6 heteroatoms. The minimum atomic E-state index is -0.810. The fourth-order valence-corrected chi connectivity index (χ4v) is 9.49. The minimum absolute atomic E-state index is 0.100. The number of hydrogen-bond acceptors (Lipinski definition) is 6. The van der Waals surface area contributed by atoms with Crippen LogP contribution >= 0.6 is 0 Å². The third-order valence-corrected chi connectivity index (χ3v) is 14.6. The zero-order valence-corrected chi connectivity index (χ0v) is 54.2. The van der Waals surface area contributed by atoms with Gasteiger partial charge in [-0.2, -0.15) is 0 Å². The number of allylic oxidation sites excluding steroid dienone is 22. The molecule has 0 N–H and O–H groups in total. The molecule has 0 heterocycles. The summed E-state index contributed by atoms with van der Waals surface area (Å²) in [5.74, 6) is -0.950. The Hall–Kier alpha value is -4.45. The lowest BCUT2D eigenvalue weighted by Gasteiger charge is -2.18. The first-order chi connectivity index (χ1) is 41.0. The molecule has 0 aliphatic heterocycles. The van der Waals surface area contributed by atoms with Gasteiger partial charge in [-0.25, -0.2) is 0 Å². The summed E-state index contributed by atoms with van der Waals surface area (Å²) in [5, 5.41) is 0. The fourth-order valence-electron chi connectivity index (χ4n) is 9.49. The van der Waals surface area contributed by atoms with Crippen LogP contribution in [0.15, 0.2) is 134 Å². The van der Waals surface area contributed by atoms with Gasteiger partial charge in [0.1, 0.15) is 13.2 Å². The summed E-state index contributed by atoms with van der Waals surface area (Å²) < 4.78 is 16.9. The Morgan fingerprint density at radius 2 is 0.470 bits per heavy atom. The molecule has 0 aromatic carbocycles. The van der Waals surface area contributed by atoms with Crippen molar-refractivity contribution >= 4 is 17.9 Å². The van der Waals surface area contributed by atoms with Crippen molar-refractivity contribution in [1.82, 2.24) is 0 Å². The summed E-state index contributed by atoms with van der Waals surface area (Å²) in [6.45, 7) is 6.37. The van der Waals surface area contributed by atoms with E-state index in [-0.39, 0.29) is 37.5 Å². The van der Waals surface area contributed by atoms with Crippen molar-refractivity contribution in [3.8, 4) is 0 Å². The van der Waals surface area contributed by atoms with E-state index in [1.54, 1.807) is 0 Å². The van der Waals surface area contributed by atoms with Crippen LogP contribution in [-0.4, -0.2) is 37.2 Å². The summed E-state index contributed by atoms with van der Waals surface area (Å²) >= 11 is 0. The smallest absolute Gasteiger partial charge is 0.306 e. The molecule has 0 fully saturated rings. The lowest BCUT2D eigenvalue weighted by Crippen LogP contribution is -2.30. The molecule has 1 unspecified atom stereocenters. The maximum absolute atomic E-state index is 12.9. The first kappa shape index (κ1) is 78.5. The maximum atomic E-state index is 12.9. The third kappa shape index (κ3) is 68.2. The number of ether oxygens (including phenoxy) is 3. The minimum Gasteiger partial charge on any atom is -0.462 e. The van der Waals surface area contributed by atoms with E-state index in [1.165, 1.54) is 135 Å². The highest BCUT2D eigenvalue weighted by atomic mass is 16.6. The normalized spacial score (nSPS) is 13.0. The van der Waals surface area contributed by atoms with E-state index in [4.69, 9.17) is 14.2 Å². The van der Waals surface area contributed by atoms with Gasteiger partial charge in [0.15, 0.2) is 6.10 Å². The van der Waals surface area contributed by atoms with Gasteiger partial charge < -0.3 is 14.2 Å². The molecular weight excluding hydrogens is 1020 g/mol. The van der Waals surface area contributed by atoms with Gasteiger partial charge in [-0.3, -0.25) is 14.4 Å². The highest BCUT2D eigenvalue weighted by Crippen LogP contribution is 2.16. The zero-order valence-electron chi connectivity index (χ0n) is 54.2. The lowest BCUT2D eigenvalue weighted by atomic mass is 10.0. The summed E-state index contributed by atoms with van der Waals surface area (Å²) in [6, 6.07) is 0. The number of hydrogen-bond donors (Lipinski definition) is 0. The average Bonchev–Trinajstić information content (AvgIpc) is 3.49. The number of carbonyl (C=O) groups is 3. The van der Waals surface area contributed by atoms with E-state index in [9.17, 15) is 14.4 Å². The summed E-state index contributed by atoms with van der Waals surface area (Å²) in [5.41, 5.74) is 0. The third-order valence-electron chi connectivity index (χ3n) is 14.6. The largest absolute Gasteiger partial charge is 0.462 e. The van der Waals surface area contributed by atoms with Crippen molar-refractivity contribution in [2.24, 2.45) is 0 Å². The second-order valence-corrected chi connectivity index (χ2v) is 22.7. The zero-order chi connectivity index (χ0) is 59.9. The average molecular weight is 1150 g/mol. The quantitative estimate of drug-likeness (QED) is 0.0261. The van der Waals surface area contributed by atoms with E-state index >= 15 is 0 Å². The molecule has 0 rings (SSSR count). The standard InChI is InChI=1S/C77H128O6/c1-4-7-10-13-16-19-22-25-27-29-31-33-35-36-37-38-39-40-42-43-45-47-49-52-55-58-61-64-67-70-76(79)82-73-74(72-81-75(78)69-66-63-60-57-54-51-24-21-18-15-12-9-6-3)83-77(80)71-68-65-62-59-56-53-50-48-46-44-41-34-32-30-28-26-23-20-17-14-11-8-5-2/h8-9,11-12,17-18,20-22,25-26,28-29,31-32,34,44,46,50-51,53-54,74H,4-7,10,13-16,19,23-24,27,30,33,35-43,45,47-49,52,55-73H2,1-3H3/b11-8-,12-9-,20-17-,21-18-,25-22-,28-26-,31-29-,34-32-,46-44-,53-50-,54-51-. The molecule has 6 nitrogen and oxygen atoms in total. The number of unbranched alkanes of at least 4 members (excludes halogenated alkanes) is 29. The van der Waals surface area contributed by atoms with Crippen molar-refractivity contribution in [3.05, 3.63) is 134 Å². The highest BCUT2D eigenvalue weighted by Gasteiger charge is 2.19. The van der Waals surface area contributed by atoms with Crippen LogP contribution in [0.4, 0.5) is 0 Å². The van der Waals surface area contributed by atoms with E-state index in [0.717, 1.165) is 141 Å². The first-order valence-corrected chi connectivity index (χ1v) is 34.7. The topological polar surface area (TPSA) is 78.9 Å². The Kier molecular flexibility index (Phi) is 66.3. The molecule has 0 aliphatic carbocycles. The molecule has 83 heavy (non-hydrogen) atoms. The van der Waals surface area contributed by atoms with Crippen LogP contribution in [0.1, 0.15) is 316 Å². The molecule has 0 spiro atoms. The van der Waals surface area contributed by atoms with Crippen LogP contribution in [0, 0.1) is 0 Å². The van der Waals surface area contributed by atoms with Crippen LogP contribution in [0.5, 0.6) is 0 Å². The van der Waals surface area contributed by atoms with E-state index in [1.807, 2.05) is 0 Å². The van der Waals surface area contributed by atoms with Crippen LogP contribution < -0.4 is 0 Å². The van der Waals surface area contributed by atoms with E-state index in [2.05, 4.69) is 154 Å².